The average Bonchev–Trinajstić information content (AvgIpc) is 2.36. The first-order valence-corrected chi connectivity index (χ1v) is 6.73. The predicted molar refractivity (Wildman–Crippen MR) is 75.9 cm³/mol. The molecule has 1 N–H and O–H groups in total. The highest BCUT2D eigenvalue weighted by molar-refractivity contribution is 9.10. The molecule has 1 aromatic heterocycles. The van der Waals surface area contributed by atoms with Crippen LogP contribution < -0.4 is 5.56 Å². The van der Waals surface area contributed by atoms with Gasteiger partial charge in [0.05, 0.1) is 5.69 Å². The van der Waals surface area contributed by atoms with E-state index in [0.717, 1.165) is 12.1 Å². The highest BCUT2D eigenvalue weighted by Crippen LogP contribution is 2.13. The molecule has 0 aliphatic rings. The van der Waals surface area contributed by atoms with Crippen molar-refractivity contribution in [2.75, 3.05) is 0 Å². The summed E-state index contributed by atoms with van der Waals surface area (Å²) in [5, 5.41) is 0. The normalized spacial score (nSPS) is 10.6. The van der Waals surface area contributed by atoms with Crippen molar-refractivity contribution in [2.45, 2.75) is 26.7 Å². The first-order valence-electron chi connectivity index (χ1n) is 5.94. The van der Waals surface area contributed by atoms with Crippen molar-refractivity contribution in [3.05, 3.63) is 61.7 Å². The van der Waals surface area contributed by atoms with Crippen LogP contribution in [0.2, 0.25) is 0 Å². The van der Waals surface area contributed by atoms with E-state index in [1.165, 1.54) is 11.1 Å². The van der Waals surface area contributed by atoms with E-state index in [9.17, 15) is 4.79 Å². The molecule has 4 heteroatoms. The van der Waals surface area contributed by atoms with Crippen LogP contribution in [0.5, 0.6) is 0 Å². The summed E-state index contributed by atoms with van der Waals surface area (Å²) in [5.41, 5.74) is 3.10. The van der Waals surface area contributed by atoms with Crippen molar-refractivity contribution in [2.24, 2.45) is 0 Å². The fourth-order valence-corrected chi connectivity index (χ4v) is 2.33. The molecule has 0 fully saturated rings. The summed E-state index contributed by atoms with van der Waals surface area (Å²) >= 11 is 3.27. The number of nitrogens with one attached hydrogen (secondary N) is 1. The number of hydrogen-bond donors (Lipinski definition) is 1. The standard InChI is InChI=1S/C14H15BrN2O/c1-3-11-13(15)14(18)17-12(16-11)8-10-7-5-4-6-9(10)2/h4-7H,3,8H2,1-2H3,(H,16,17,18). The van der Waals surface area contributed by atoms with Crippen molar-refractivity contribution in [1.82, 2.24) is 9.97 Å². The quantitative estimate of drug-likeness (QED) is 0.947. The Morgan fingerprint density at radius 1 is 1.33 bits per heavy atom. The minimum atomic E-state index is -0.106. The molecule has 0 radical (unpaired) electrons. The minimum Gasteiger partial charge on any atom is -0.309 e. The van der Waals surface area contributed by atoms with Crippen LogP contribution in [0, 0.1) is 6.92 Å². The van der Waals surface area contributed by atoms with Gasteiger partial charge in [-0.25, -0.2) is 4.98 Å². The van der Waals surface area contributed by atoms with Gasteiger partial charge in [0.15, 0.2) is 0 Å². The molecular weight excluding hydrogens is 292 g/mol. The molecule has 0 spiro atoms. The summed E-state index contributed by atoms with van der Waals surface area (Å²) < 4.78 is 0.540. The molecule has 94 valence electrons. The summed E-state index contributed by atoms with van der Waals surface area (Å²) in [4.78, 5) is 19.1. The Labute approximate surface area is 114 Å². The Hall–Kier alpha value is -1.42. The van der Waals surface area contributed by atoms with E-state index in [1.807, 2.05) is 19.1 Å². The smallest absolute Gasteiger partial charge is 0.265 e. The van der Waals surface area contributed by atoms with Crippen LogP contribution in [0.15, 0.2) is 33.5 Å². The highest BCUT2D eigenvalue weighted by Gasteiger charge is 2.08. The molecule has 0 unspecified atom stereocenters. The molecule has 1 heterocycles. The number of nitrogens with zero attached hydrogens (tertiary/aromatic N) is 1. The zero-order valence-corrected chi connectivity index (χ0v) is 12.0. The van der Waals surface area contributed by atoms with Crippen LogP contribution in [0.25, 0.3) is 0 Å². The van der Waals surface area contributed by atoms with Gasteiger partial charge < -0.3 is 4.98 Å². The van der Waals surface area contributed by atoms with Gasteiger partial charge in [-0.05, 0) is 40.4 Å². The second kappa shape index (κ2) is 5.48. The van der Waals surface area contributed by atoms with Gasteiger partial charge in [0.2, 0.25) is 0 Å². The molecule has 2 aromatic rings. The van der Waals surface area contributed by atoms with Crippen molar-refractivity contribution in [3.63, 3.8) is 0 Å². The van der Waals surface area contributed by atoms with Crippen LogP contribution in [0.4, 0.5) is 0 Å². The third-order valence-corrected chi connectivity index (χ3v) is 3.75. The van der Waals surface area contributed by atoms with Crippen molar-refractivity contribution < 1.29 is 0 Å². The fraction of sp³-hybridized carbons (Fsp3) is 0.286. The van der Waals surface area contributed by atoms with Gasteiger partial charge in [-0.15, -0.1) is 0 Å². The Kier molecular flexibility index (Phi) is 3.97. The van der Waals surface area contributed by atoms with E-state index in [2.05, 4.69) is 45.0 Å². The molecule has 3 nitrogen and oxygen atoms in total. The zero-order valence-electron chi connectivity index (χ0n) is 10.5. The van der Waals surface area contributed by atoms with Gasteiger partial charge in [0, 0.05) is 6.42 Å². The summed E-state index contributed by atoms with van der Waals surface area (Å²) in [7, 11) is 0. The number of aromatic amines is 1. The summed E-state index contributed by atoms with van der Waals surface area (Å²) in [6.07, 6.45) is 1.40. The fourth-order valence-electron chi connectivity index (χ4n) is 1.86. The lowest BCUT2D eigenvalue weighted by molar-refractivity contribution is 0.874. The van der Waals surface area contributed by atoms with Gasteiger partial charge >= 0.3 is 0 Å². The van der Waals surface area contributed by atoms with Crippen LogP contribution in [-0.4, -0.2) is 9.97 Å². The summed E-state index contributed by atoms with van der Waals surface area (Å²) in [5.74, 6) is 0.717. The Balaban J connectivity index is 2.39. The van der Waals surface area contributed by atoms with Crippen molar-refractivity contribution in [1.29, 1.82) is 0 Å². The number of halogens is 1. The van der Waals surface area contributed by atoms with Crippen LogP contribution in [0.3, 0.4) is 0 Å². The molecule has 0 aliphatic heterocycles. The van der Waals surface area contributed by atoms with E-state index in [-0.39, 0.29) is 5.56 Å². The Morgan fingerprint density at radius 3 is 2.72 bits per heavy atom. The maximum absolute atomic E-state index is 11.8. The van der Waals surface area contributed by atoms with E-state index in [0.29, 0.717) is 16.7 Å². The number of H-pyrrole nitrogens is 1. The number of benzene rings is 1. The highest BCUT2D eigenvalue weighted by atomic mass is 79.9. The first kappa shape index (κ1) is 13.0. The maximum atomic E-state index is 11.8. The van der Waals surface area contributed by atoms with Crippen LogP contribution in [-0.2, 0) is 12.8 Å². The summed E-state index contributed by atoms with van der Waals surface area (Å²) in [6, 6.07) is 8.13. The monoisotopic (exact) mass is 306 g/mol. The van der Waals surface area contributed by atoms with E-state index in [4.69, 9.17) is 0 Å². The molecule has 1 aromatic carbocycles. The van der Waals surface area contributed by atoms with Crippen molar-refractivity contribution >= 4 is 15.9 Å². The largest absolute Gasteiger partial charge is 0.309 e. The van der Waals surface area contributed by atoms with Crippen LogP contribution in [0.1, 0.15) is 29.6 Å². The second-order valence-corrected chi connectivity index (χ2v) is 5.02. The minimum absolute atomic E-state index is 0.106. The third kappa shape index (κ3) is 2.70. The SMILES string of the molecule is CCc1nc(Cc2ccccc2C)[nH]c(=O)c1Br. The zero-order chi connectivity index (χ0) is 13.1. The lowest BCUT2D eigenvalue weighted by atomic mass is 10.1. The molecule has 2 rings (SSSR count). The molecular formula is C14H15BrN2O. The predicted octanol–water partition coefficient (Wildman–Crippen LogP) is 2.99. The van der Waals surface area contributed by atoms with Crippen molar-refractivity contribution in [3.8, 4) is 0 Å². The lowest BCUT2D eigenvalue weighted by Gasteiger charge is -2.07. The number of aryl methyl sites for hydroxylation is 2. The van der Waals surface area contributed by atoms with Gasteiger partial charge in [0.1, 0.15) is 10.3 Å². The van der Waals surface area contributed by atoms with E-state index < -0.39 is 0 Å². The topological polar surface area (TPSA) is 45.8 Å². The first-order chi connectivity index (χ1) is 8.61. The molecule has 18 heavy (non-hydrogen) atoms. The summed E-state index contributed by atoms with van der Waals surface area (Å²) in [6.45, 7) is 4.05. The molecule has 0 saturated heterocycles. The molecule has 0 aliphatic carbocycles. The number of hydrogen-bond acceptors (Lipinski definition) is 2. The van der Waals surface area contributed by atoms with E-state index in [1.54, 1.807) is 0 Å². The van der Waals surface area contributed by atoms with Gasteiger partial charge in [-0.1, -0.05) is 31.2 Å². The van der Waals surface area contributed by atoms with Gasteiger partial charge in [-0.3, -0.25) is 4.79 Å². The molecule has 0 amide bonds. The van der Waals surface area contributed by atoms with Gasteiger partial charge in [0.25, 0.3) is 5.56 Å². The Morgan fingerprint density at radius 2 is 2.06 bits per heavy atom. The molecule has 0 bridgehead atoms. The Bertz CT molecular complexity index is 619. The lowest BCUT2D eigenvalue weighted by Crippen LogP contribution is -2.15. The molecule has 0 atom stereocenters. The molecule has 0 saturated carbocycles. The number of rotatable bonds is 3. The average molecular weight is 307 g/mol. The second-order valence-electron chi connectivity index (χ2n) is 4.23. The third-order valence-electron chi connectivity index (χ3n) is 2.93. The van der Waals surface area contributed by atoms with Crippen LogP contribution >= 0.6 is 15.9 Å². The van der Waals surface area contributed by atoms with Gasteiger partial charge in [-0.2, -0.15) is 0 Å². The maximum Gasteiger partial charge on any atom is 0.265 e. The van der Waals surface area contributed by atoms with E-state index >= 15 is 0 Å². The number of aromatic nitrogens is 2.